The van der Waals surface area contributed by atoms with Gasteiger partial charge in [-0.05, 0) is 31.0 Å². The van der Waals surface area contributed by atoms with Gasteiger partial charge in [-0.3, -0.25) is 14.5 Å². The summed E-state index contributed by atoms with van der Waals surface area (Å²) in [5.74, 6) is 0.413. The molecule has 1 atom stereocenters. The Labute approximate surface area is 145 Å². The summed E-state index contributed by atoms with van der Waals surface area (Å²) >= 11 is 0. The highest BCUT2D eigenvalue weighted by atomic mass is 16.5. The van der Waals surface area contributed by atoms with Crippen molar-refractivity contribution in [2.75, 3.05) is 23.7 Å². The molecule has 0 saturated heterocycles. The predicted molar refractivity (Wildman–Crippen MR) is 94.2 cm³/mol. The zero-order valence-electron chi connectivity index (χ0n) is 13.9. The molecular formula is C18H20N4O3. The van der Waals surface area contributed by atoms with Crippen molar-refractivity contribution < 1.29 is 14.3 Å². The van der Waals surface area contributed by atoms with E-state index in [1.54, 1.807) is 19.1 Å². The summed E-state index contributed by atoms with van der Waals surface area (Å²) in [5, 5.41) is 2.83. The molecule has 1 aromatic carbocycles. The fourth-order valence-electron chi connectivity index (χ4n) is 2.64. The van der Waals surface area contributed by atoms with Crippen molar-refractivity contribution in [1.29, 1.82) is 0 Å². The molecule has 2 amide bonds. The molecule has 2 heterocycles. The lowest BCUT2D eigenvalue weighted by atomic mass is 10.1. The molecule has 3 rings (SSSR count). The van der Waals surface area contributed by atoms with E-state index in [0.717, 1.165) is 12.0 Å². The maximum Gasteiger partial charge on any atom is 0.269 e. The van der Waals surface area contributed by atoms with Crippen LogP contribution in [-0.2, 0) is 16.0 Å². The minimum atomic E-state index is -0.671. The molecule has 25 heavy (non-hydrogen) atoms. The number of rotatable bonds is 5. The van der Waals surface area contributed by atoms with Crippen LogP contribution in [0.5, 0.6) is 5.75 Å². The number of amides is 2. The molecule has 1 aliphatic heterocycles. The van der Waals surface area contributed by atoms with Crippen molar-refractivity contribution in [2.45, 2.75) is 19.4 Å². The molecule has 1 unspecified atom stereocenters. The summed E-state index contributed by atoms with van der Waals surface area (Å²) in [5.41, 5.74) is 6.83. The van der Waals surface area contributed by atoms with Crippen LogP contribution in [0, 0.1) is 0 Å². The molecule has 0 aliphatic carbocycles. The molecule has 130 valence electrons. The lowest BCUT2D eigenvalue weighted by Gasteiger charge is -2.31. The fraction of sp³-hybridized carbons (Fsp3) is 0.278. The SMILES string of the molecule is CC1Oc2ccc(N)nc2N(CC(=O)NCCc2ccccc2)C1=O. The van der Waals surface area contributed by atoms with Crippen LogP contribution in [0.4, 0.5) is 11.6 Å². The van der Waals surface area contributed by atoms with E-state index in [2.05, 4.69) is 10.3 Å². The van der Waals surface area contributed by atoms with Crippen molar-refractivity contribution >= 4 is 23.5 Å². The molecule has 0 spiro atoms. The summed E-state index contributed by atoms with van der Waals surface area (Å²) in [4.78, 5) is 30.1. The van der Waals surface area contributed by atoms with Gasteiger partial charge < -0.3 is 15.8 Å². The number of nitrogens with zero attached hydrogens (tertiary/aromatic N) is 2. The Balaban J connectivity index is 1.64. The normalized spacial score (nSPS) is 16.1. The molecule has 0 radical (unpaired) electrons. The Hall–Kier alpha value is -3.09. The van der Waals surface area contributed by atoms with Gasteiger partial charge in [0.2, 0.25) is 5.91 Å². The van der Waals surface area contributed by atoms with E-state index in [1.165, 1.54) is 4.90 Å². The average molecular weight is 340 g/mol. The fourth-order valence-corrected chi connectivity index (χ4v) is 2.64. The highest BCUT2D eigenvalue weighted by Gasteiger charge is 2.34. The number of nitrogen functional groups attached to an aromatic ring is 1. The summed E-state index contributed by atoms with van der Waals surface area (Å²) < 4.78 is 5.51. The lowest BCUT2D eigenvalue weighted by molar-refractivity contribution is -0.128. The van der Waals surface area contributed by atoms with Gasteiger partial charge in [-0.25, -0.2) is 4.98 Å². The van der Waals surface area contributed by atoms with Gasteiger partial charge in [-0.1, -0.05) is 30.3 Å². The Morgan fingerprint density at radius 1 is 1.28 bits per heavy atom. The van der Waals surface area contributed by atoms with Crippen LogP contribution in [-0.4, -0.2) is 36.0 Å². The van der Waals surface area contributed by atoms with Gasteiger partial charge in [-0.2, -0.15) is 0 Å². The highest BCUT2D eigenvalue weighted by molar-refractivity contribution is 6.02. The second-order valence-electron chi connectivity index (χ2n) is 5.83. The van der Waals surface area contributed by atoms with E-state index >= 15 is 0 Å². The van der Waals surface area contributed by atoms with Gasteiger partial charge in [0.25, 0.3) is 5.91 Å². The van der Waals surface area contributed by atoms with E-state index in [-0.39, 0.29) is 30.0 Å². The van der Waals surface area contributed by atoms with Crippen LogP contribution in [0.15, 0.2) is 42.5 Å². The van der Waals surface area contributed by atoms with Crippen molar-refractivity contribution in [2.24, 2.45) is 0 Å². The smallest absolute Gasteiger partial charge is 0.269 e. The molecule has 7 heteroatoms. The molecular weight excluding hydrogens is 320 g/mol. The summed E-state index contributed by atoms with van der Waals surface area (Å²) in [7, 11) is 0. The molecule has 0 saturated carbocycles. The van der Waals surface area contributed by atoms with E-state index in [9.17, 15) is 9.59 Å². The van der Waals surface area contributed by atoms with Crippen molar-refractivity contribution in [3.05, 3.63) is 48.0 Å². The molecule has 3 N–H and O–H groups in total. The number of nitrogens with one attached hydrogen (secondary N) is 1. The van der Waals surface area contributed by atoms with Crippen molar-refractivity contribution in [3.63, 3.8) is 0 Å². The third-order valence-corrected chi connectivity index (χ3v) is 3.91. The van der Waals surface area contributed by atoms with Crippen LogP contribution in [0.3, 0.4) is 0 Å². The molecule has 1 aromatic heterocycles. The van der Waals surface area contributed by atoms with Crippen molar-refractivity contribution in [1.82, 2.24) is 10.3 Å². The zero-order valence-corrected chi connectivity index (χ0v) is 13.9. The van der Waals surface area contributed by atoms with Gasteiger partial charge in [0.1, 0.15) is 12.4 Å². The molecule has 0 bridgehead atoms. The Kier molecular flexibility index (Phi) is 4.83. The number of aromatic nitrogens is 1. The predicted octanol–water partition coefficient (Wildman–Crippen LogP) is 1.14. The van der Waals surface area contributed by atoms with Gasteiger partial charge >= 0.3 is 0 Å². The minimum Gasteiger partial charge on any atom is -0.477 e. The lowest BCUT2D eigenvalue weighted by Crippen LogP contribution is -2.49. The standard InChI is InChI=1S/C18H20N4O3/c1-12-18(24)22(17-14(25-12)7-8-15(19)21-17)11-16(23)20-10-9-13-5-3-2-4-6-13/h2-8,12H,9-11H2,1H3,(H2,19,21)(H,20,23). The van der Waals surface area contributed by atoms with Gasteiger partial charge in [-0.15, -0.1) is 0 Å². The number of fused-ring (bicyclic) bond motifs is 1. The maximum absolute atomic E-state index is 12.4. The number of hydrogen-bond donors (Lipinski definition) is 2. The maximum atomic E-state index is 12.4. The number of carbonyl (C=O) groups excluding carboxylic acids is 2. The highest BCUT2D eigenvalue weighted by Crippen LogP contribution is 2.32. The number of carbonyl (C=O) groups is 2. The van der Waals surface area contributed by atoms with Crippen LogP contribution in [0.1, 0.15) is 12.5 Å². The number of benzene rings is 1. The molecule has 2 aromatic rings. The monoisotopic (exact) mass is 340 g/mol. The molecule has 1 aliphatic rings. The van der Waals surface area contributed by atoms with E-state index in [4.69, 9.17) is 10.5 Å². The number of nitrogens with two attached hydrogens (primary N) is 1. The largest absolute Gasteiger partial charge is 0.477 e. The van der Waals surface area contributed by atoms with E-state index in [0.29, 0.717) is 12.3 Å². The summed E-state index contributed by atoms with van der Waals surface area (Å²) in [6.07, 6.45) is 0.0528. The first-order chi connectivity index (χ1) is 12.0. The number of anilines is 2. The van der Waals surface area contributed by atoms with E-state index < -0.39 is 6.10 Å². The first-order valence-corrected chi connectivity index (χ1v) is 8.10. The Bertz CT molecular complexity index is 779. The van der Waals surface area contributed by atoms with Crippen LogP contribution >= 0.6 is 0 Å². The van der Waals surface area contributed by atoms with Crippen molar-refractivity contribution in [3.8, 4) is 5.75 Å². The van der Waals surface area contributed by atoms with Gasteiger partial charge in [0, 0.05) is 6.54 Å². The third-order valence-electron chi connectivity index (χ3n) is 3.91. The van der Waals surface area contributed by atoms with Crippen LogP contribution < -0.4 is 20.7 Å². The number of pyridine rings is 1. The van der Waals surface area contributed by atoms with Gasteiger partial charge in [0.15, 0.2) is 17.7 Å². The topological polar surface area (TPSA) is 97.6 Å². The Morgan fingerprint density at radius 2 is 2.04 bits per heavy atom. The number of ether oxygens (including phenoxy) is 1. The quantitative estimate of drug-likeness (QED) is 0.850. The minimum absolute atomic E-state index is 0.120. The molecule has 0 fully saturated rings. The average Bonchev–Trinajstić information content (AvgIpc) is 2.60. The first kappa shape index (κ1) is 16.8. The summed E-state index contributed by atoms with van der Waals surface area (Å²) in [6, 6.07) is 13.1. The Morgan fingerprint density at radius 3 is 2.80 bits per heavy atom. The second kappa shape index (κ2) is 7.21. The third kappa shape index (κ3) is 3.88. The van der Waals surface area contributed by atoms with Gasteiger partial charge in [0.05, 0.1) is 0 Å². The van der Waals surface area contributed by atoms with Crippen LogP contribution in [0.25, 0.3) is 0 Å². The van der Waals surface area contributed by atoms with Crippen LogP contribution in [0.2, 0.25) is 0 Å². The zero-order chi connectivity index (χ0) is 17.8. The summed E-state index contributed by atoms with van der Waals surface area (Å²) in [6.45, 7) is 2.01. The number of hydrogen-bond acceptors (Lipinski definition) is 5. The molecule has 7 nitrogen and oxygen atoms in total. The second-order valence-corrected chi connectivity index (χ2v) is 5.83. The van der Waals surface area contributed by atoms with E-state index in [1.807, 2.05) is 30.3 Å². The first-order valence-electron chi connectivity index (χ1n) is 8.10.